The smallest absolute Gasteiger partial charge is 0.295 e. The first kappa shape index (κ1) is 15.3. The van der Waals surface area contributed by atoms with Crippen molar-refractivity contribution in [2.75, 3.05) is 0 Å². The third-order valence-electron chi connectivity index (χ3n) is 3.30. The zero-order chi connectivity index (χ0) is 14.8. The Hall–Kier alpha value is -1.72. The first-order chi connectivity index (χ1) is 8.84. The Kier molecular flexibility index (Phi) is 4.44. The van der Waals surface area contributed by atoms with Crippen molar-refractivity contribution in [3.8, 4) is 0 Å². The molecule has 2 aromatic rings. The van der Waals surface area contributed by atoms with Crippen LogP contribution in [-0.2, 0) is 14.9 Å². The summed E-state index contributed by atoms with van der Waals surface area (Å²) >= 11 is 0. The Balaban J connectivity index is 0.000000861. The Morgan fingerprint density at radius 1 is 0.895 bits per heavy atom. The Morgan fingerprint density at radius 2 is 1.37 bits per heavy atom. The van der Waals surface area contributed by atoms with Gasteiger partial charge in [0.1, 0.15) is 11.7 Å². The molecule has 0 heterocycles. The van der Waals surface area contributed by atoms with Crippen molar-refractivity contribution in [1.29, 1.82) is 0 Å². The van der Waals surface area contributed by atoms with E-state index in [0.29, 0.717) is 10.9 Å². The molecule has 2 rings (SSSR count). The molecule has 0 aliphatic rings. The molecule has 4 nitrogen and oxygen atoms in total. The van der Waals surface area contributed by atoms with Gasteiger partial charge in [-0.3, -0.25) is 4.55 Å². The summed E-state index contributed by atoms with van der Waals surface area (Å²) in [6.45, 7) is 7.54. The van der Waals surface area contributed by atoms with Crippen LogP contribution in [0.2, 0.25) is 0 Å². The number of carbonyl (C=O) groups is 1. The molecule has 1 N–H and O–H groups in total. The Labute approximate surface area is 112 Å². The van der Waals surface area contributed by atoms with Gasteiger partial charge in [-0.25, -0.2) is 0 Å². The molecule has 0 radical (unpaired) electrons. The Bertz CT molecular complexity index is 718. The van der Waals surface area contributed by atoms with Gasteiger partial charge in [-0.05, 0) is 42.8 Å². The maximum Gasteiger partial charge on any atom is 0.295 e. The topological polar surface area (TPSA) is 71.4 Å². The van der Waals surface area contributed by atoms with Crippen molar-refractivity contribution in [3.63, 3.8) is 0 Å². The highest BCUT2D eigenvalue weighted by molar-refractivity contribution is 7.86. The van der Waals surface area contributed by atoms with E-state index in [0.717, 1.165) is 16.5 Å². The average Bonchev–Trinajstić information content (AvgIpc) is 2.37. The van der Waals surface area contributed by atoms with Crippen molar-refractivity contribution < 1.29 is 17.8 Å². The fourth-order valence-corrected chi connectivity index (χ4v) is 3.19. The monoisotopic (exact) mass is 280 g/mol. The van der Waals surface area contributed by atoms with E-state index >= 15 is 0 Å². The van der Waals surface area contributed by atoms with Crippen LogP contribution in [-0.4, -0.2) is 19.8 Å². The molecule has 2 aromatic carbocycles. The highest BCUT2D eigenvalue weighted by Gasteiger charge is 2.20. The summed E-state index contributed by atoms with van der Waals surface area (Å²) in [4.78, 5) is 8.02. The number of hydrogen-bond acceptors (Lipinski definition) is 3. The van der Waals surface area contributed by atoms with Gasteiger partial charge in [0.15, 0.2) is 0 Å². The fourth-order valence-electron chi connectivity index (χ4n) is 2.20. The average molecular weight is 280 g/mol. The van der Waals surface area contributed by atoms with E-state index in [9.17, 15) is 13.0 Å². The minimum absolute atomic E-state index is 0.0243. The summed E-state index contributed by atoms with van der Waals surface area (Å²) in [5.74, 6) is 0. The molecule has 0 unspecified atom stereocenters. The third kappa shape index (κ3) is 2.67. The summed E-state index contributed by atoms with van der Waals surface area (Å²) < 4.78 is 32.3. The van der Waals surface area contributed by atoms with Crippen molar-refractivity contribution in [1.82, 2.24) is 0 Å². The molecule has 0 amide bonds. The summed E-state index contributed by atoms with van der Waals surface area (Å²) in [5.41, 5.74) is 2.56. The molecule has 0 aromatic heterocycles. The van der Waals surface area contributed by atoms with E-state index in [-0.39, 0.29) is 4.90 Å². The van der Waals surface area contributed by atoms with Gasteiger partial charge in [0, 0.05) is 5.39 Å². The second-order valence-electron chi connectivity index (χ2n) is 4.22. The van der Waals surface area contributed by atoms with Crippen LogP contribution in [0.1, 0.15) is 16.7 Å². The van der Waals surface area contributed by atoms with Crippen LogP contribution < -0.4 is 0 Å². The van der Waals surface area contributed by atoms with Crippen LogP contribution >= 0.6 is 0 Å². The minimum atomic E-state index is -4.20. The lowest BCUT2D eigenvalue weighted by atomic mass is 9.96. The second-order valence-corrected chi connectivity index (χ2v) is 5.58. The van der Waals surface area contributed by atoms with E-state index in [1.54, 1.807) is 19.1 Å². The molecule has 0 aliphatic carbocycles. The molecule has 19 heavy (non-hydrogen) atoms. The minimum Gasteiger partial charge on any atom is -0.307 e. The number of aryl methyl sites for hydroxylation is 1. The highest BCUT2D eigenvalue weighted by atomic mass is 32.2. The van der Waals surface area contributed by atoms with E-state index in [1.165, 1.54) is 0 Å². The number of rotatable bonds is 1. The van der Waals surface area contributed by atoms with Crippen molar-refractivity contribution in [2.24, 2.45) is 0 Å². The molecule has 0 saturated heterocycles. The fraction of sp³-hybridized carbons (Fsp3) is 0.214. The van der Waals surface area contributed by atoms with Gasteiger partial charge in [0.05, 0.1) is 0 Å². The second kappa shape index (κ2) is 5.50. The van der Waals surface area contributed by atoms with Gasteiger partial charge in [-0.2, -0.15) is 8.42 Å². The lowest BCUT2D eigenvalue weighted by molar-refractivity contribution is -0.0979. The number of fused-ring (bicyclic) bond motifs is 1. The van der Waals surface area contributed by atoms with Crippen LogP contribution in [0, 0.1) is 20.8 Å². The molecule has 0 spiro atoms. The lowest BCUT2D eigenvalue weighted by Crippen LogP contribution is -2.05. The van der Waals surface area contributed by atoms with Gasteiger partial charge >= 0.3 is 0 Å². The molecule has 0 saturated carbocycles. The first-order valence-electron chi connectivity index (χ1n) is 5.59. The van der Waals surface area contributed by atoms with Crippen LogP contribution in [0.25, 0.3) is 10.8 Å². The van der Waals surface area contributed by atoms with E-state index in [4.69, 9.17) is 4.79 Å². The van der Waals surface area contributed by atoms with Crippen LogP contribution in [0.3, 0.4) is 0 Å². The molecular weight excluding hydrogens is 264 g/mol. The van der Waals surface area contributed by atoms with Gasteiger partial charge in [-0.15, -0.1) is 0 Å². The maximum atomic E-state index is 11.5. The normalized spacial score (nSPS) is 10.9. The van der Waals surface area contributed by atoms with Crippen LogP contribution in [0.5, 0.6) is 0 Å². The van der Waals surface area contributed by atoms with Crippen molar-refractivity contribution in [3.05, 3.63) is 41.0 Å². The van der Waals surface area contributed by atoms with Gasteiger partial charge < -0.3 is 4.79 Å². The molecule has 0 fully saturated rings. The third-order valence-corrected chi connectivity index (χ3v) is 4.34. The predicted octanol–water partition coefficient (Wildman–Crippen LogP) is 2.83. The van der Waals surface area contributed by atoms with Crippen LogP contribution in [0.15, 0.2) is 29.2 Å². The van der Waals surface area contributed by atoms with E-state index in [1.807, 2.05) is 32.8 Å². The summed E-state index contributed by atoms with van der Waals surface area (Å²) in [6.07, 6.45) is 0. The molecule has 0 bridgehead atoms. The molecular formula is C14H16O4S. The zero-order valence-electron chi connectivity index (χ0n) is 11.1. The quantitative estimate of drug-likeness (QED) is 0.815. The summed E-state index contributed by atoms with van der Waals surface area (Å²) in [7, 11) is -4.20. The van der Waals surface area contributed by atoms with Crippen molar-refractivity contribution >= 4 is 27.7 Å². The van der Waals surface area contributed by atoms with E-state index in [2.05, 4.69) is 0 Å². The standard InChI is InChI=1S/C13H14O3S.CH2O/c1-8-9(2)11-6-4-5-7-12(11)13(10(8)3)17(14,15)16;1-2/h4-7H,1-3H3,(H,14,15,16);1H2. The maximum absolute atomic E-state index is 11.5. The van der Waals surface area contributed by atoms with E-state index < -0.39 is 10.1 Å². The van der Waals surface area contributed by atoms with Gasteiger partial charge in [0.25, 0.3) is 10.1 Å². The molecule has 5 heteroatoms. The number of carbonyl (C=O) groups excluding carboxylic acids is 1. The predicted molar refractivity (Wildman–Crippen MR) is 75.1 cm³/mol. The highest BCUT2D eigenvalue weighted by Crippen LogP contribution is 2.32. The Morgan fingerprint density at radius 3 is 1.84 bits per heavy atom. The number of benzene rings is 2. The molecule has 0 atom stereocenters. The lowest BCUT2D eigenvalue weighted by Gasteiger charge is -2.14. The summed E-state index contributed by atoms with van der Waals surface area (Å²) in [5, 5.41) is 1.44. The van der Waals surface area contributed by atoms with Gasteiger partial charge in [0.2, 0.25) is 0 Å². The van der Waals surface area contributed by atoms with Gasteiger partial charge in [-0.1, -0.05) is 24.3 Å². The molecule has 0 aliphatic heterocycles. The SMILES string of the molecule is C=O.Cc1c(C)c(S(=O)(=O)O)c2ccccc2c1C. The largest absolute Gasteiger partial charge is 0.307 e. The van der Waals surface area contributed by atoms with Crippen molar-refractivity contribution in [2.45, 2.75) is 25.7 Å². The zero-order valence-corrected chi connectivity index (χ0v) is 11.9. The summed E-state index contributed by atoms with van der Waals surface area (Å²) in [6, 6.07) is 7.22. The van der Waals surface area contributed by atoms with Crippen LogP contribution in [0.4, 0.5) is 0 Å². The number of hydrogen-bond donors (Lipinski definition) is 1. The first-order valence-corrected chi connectivity index (χ1v) is 7.03. The molecule has 102 valence electrons.